The van der Waals surface area contributed by atoms with Crippen LogP contribution in [0.1, 0.15) is 10.4 Å². The van der Waals surface area contributed by atoms with E-state index in [1.165, 1.54) is 42.5 Å². The molecule has 2 aromatic rings. The van der Waals surface area contributed by atoms with Crippen LogP contribution in [-0.4, -0.2) is 31.3 Å². The highest BCUT2D eigenvalue weighted by Crippen LogP contribution is 2.37. The Hall–Kier alpha value is -2.38. The largest absolute Gasteiger partial charge is 0.479 e. The molecule has 0 spiro atoms. The van der Waals surface area contributed by atoms with Crippen molar-refractivity contribution < 1.29 is 23.1 Å². The highest BCUT2D eigenvalue weighted by Gasteiger charge is 2.48. The molecule has 0 saturated heterocycles. The van der Waals surface area contributed by atoms with Gasteiger partial charge in [-0.1, -0.05) is 35.9 Å². The zero-order valence-electron chi connectivity index (χ0n) is 11.5. The van der Waals surface area contributed by atoms with Crippen molar-refractivity contribution in [2.75, 3.05) is 4.31 Å². The molecule has 1 heterocycles. The molecule has 0 aromatic heterocycles. The van der Waals surface area contributed by atoms with Crippen molar-refractivity contribution in [1.82, 2.24) is 0 Å². The lowest BCUT2D eigenvalue weighted by atomic mass is 10.0. The lowest BCUT2D eigenvalue weighted by molar-refractivity contribution is -0.137. The number of rotatable bonds is 2. The first kappa shape index (κ1) is 15.5. The molecule has 1 N–H and O–H groups in total. The van der Waals surface area contributed by atoms with Crippen molar-refractivity contribution in [2.45, 2.75) is 10.9 Å². The summed E-state index contributed by atoms with van der Waals surface area (Å²) in [7, 11) is -4.24. The summed E-state index contributed by atoms with van der Waals surface area (Å²) in [6, 6.07) is 9.50. The number of anilines is 1. The number of para-hydroxylation sites is 1. The van der Waals surface area contributed by atoms with Crippen LogP contribution in [0.3, 0.4) is 0 Å². The van der Waals surface area contributed by atoms with Gasteiger partial charge in [0.25, 0.3) is 10.0 Å². The van der Waals surface area contributed by atoms with Crippen molar-refractivity contribution in [2.24, 2.45) is 0 Å². The van der Waals surface area contributed by atoms with Gasteiger partial charge in [0.05, 0.1) is 15.6 Å². The number of sulfonamides is 1. The Bertz CT molecular complexity index is 925. The van der Waals surface area contributed by atoms with Gasteiger partial charge in [-0.15, -0.1) is 0 Å². The van der Waals surface area contributed by atoms with E-state index >= 15 is 0 Å². The van der Waals surface area contributed by atoms with Gasteiger partial charge in [-0.25, -0.2) is 17.5 Å². The summed E-state index contributed by atoms with van der Waals surface area (Å²) in [5.74, 6) is -2.36. The molecule has 0 bridgehead atoms. The molecule has 118 valence electrons. The summed E-state index contributed by atoms with van der Waals surface area (Å²) < 4.78 is 26.3. The second-order valence-electron chi connectivity index (χ2n) is 4.85. The highest BCUT2D eigenvalue weighted by molar-refractivity contribution is 7.93. The number of nitrogens with zero attached hydrogens (tertiary/aromatic N) is 1. The molecular weight excluding hydrogens is 342 g/mol. The minimum absolute atomic E-state index is 0.0366. The van der Waals surface area contributed by atoms with Gasteiger partial charge in [-0.3, -0.25) is 4.79 Å². The number of ketones is 1. The molecule has 0 fully saturated rings. The summed E-state index contributed by atoms with van der Waals surface area (Å²) >= 11 is 6.02. The predicted molar refractivity (Wildman–Crippen MR) is 83.3 cm³/mol. The van der Waals surface area contributed by atoms with Gasteiger partial charge in [-0.05, 0) is 24.3 Å². The molecule has 2 aromatic carbocycles. The molecule has 1 aliphatic rings. The van der Waals surface area contributed by atoms with Crippen LogP contribution in [0.2, 0.25) is 5.02 Å². The standard InChI is InChI=1S/C15H10ClNO5S/c16-10-6-2-3-7-11(10)17-13(15(19)20)14(18)9-5-1-4-8-12(9)23(17,21)22/h1-8,13H,(H,19,20). The Morgan fingerprint density at radius 1 is 1.09 bits per heavy atom. The third kappa shape index (κ3) is 2.29. The fourth-order valence-corrected chi connectivity index (χ4v) is 4.57. The zero-order valence-corrected chi connectivity index (χ0v) is 13.1. The van der Waals surface area contributed by atoms with Gasteiger partial charge >= 0.3 is 5.97 Å². The number of benzene rings is 2. The number of carboxylic acid groups (broad SMARTS) is 1. The molecule has 23 heavy (non-hydrogen) atoms. The Balaban J connectivity index is 2.35. The summed E-state index contributed by atoms with van der Waals surface area (Å²) in [5, 5.41) is 9.46. The van der Waals surface area contributed by atoms with Gasteiger partial charge in [0, 0.05) is 5.56 Å². The monoisotopic (exact) mass is 351 g/mol. The minimum Gasteiger partial charge on any atom is -0.479 e. The molecule has 1 aliphatic heterocycles. The van der Waals surface area contributed by atoms with Crippen LogP contribution in [0.4, 0.5) is 5.69 Å². The van der Waals surface area contributed by atoms with Crippen LogP contribution in [0.15, 0.2) is 53.4 Å². The molecular formula is C15H10ClNO5S. The molecule has 0 amide bonds. The molecule has 1 unspecified atom stereocenters. The van der Waals surface area contributed by atoms with Crippen LogP contribution < -0.4 is 4.31 Å². The molecule has 0 aliphatic carbocycles. The number of carbonyl (C=O) groups is 2. The Morgan fingerprint density at radius 2 is 1.70 bits per heavy atom. The van der Waals surface area contributed by atoms with Crippen LogP contribution >= 0.6 is 11.6 Å². The van der Waals surface area contributed by atoms with Crippen molar-refractivity contribution >= 4 is 39.1 Å². The van der Waals surface area contributed by atoms with Gasteiger partial charge in [0.1, 0.15) is 0 Å². The topological polar surface area (TPSA) is 91.7 Å². The van der Waals surface area contributed by atoms with E-state index in [0.29, 0.717) is 4.31 Å². The first-order valence-electron chi connectivity index (χ1n) is 6.50. The van der Waals surface area contributed by atoms with E-state index in [2.05, 4.69) is 0 Å². The van der Waals surface area contributed by atoms with E-state index in [1.807, 2.05) is 0 Å². The number of halogens is 1. The maximum Gasteiger partial charge on any atom is 0.335 e. The maximum atomic E-state index is 12.9. The summed E-state index contributed by atoms with van der Waals surface area (Å²) in [6.07, 6.45) is 0. The fourth-order valence-electron chi connectivity index (χ4n) is 2.51. The van der Waals surface area contributed by atoms with Crippen molar-refractivity contribution in [3.63, 3.8) is 0 Å². The van der Waals surface area contributed by atoms with E-state index in [4.69, 9.17) is 11.6 Å². The average molecular weight is 352 g/mol. The van der Waals surface area contributed by atoms with E-state index in [1.54, 1.807) is 6.07 Å². The summed E-state index contributed by atoms with van der Waals surface area (Å²) in [4.78, 5) is 23.9. The van der Waals surface area contributed by atoms with E-state index in [9.17, 15) is 23.1 Å². The van der Waals surface area contributed by atoms with Crippen molar-refractivity contribution in [3.05, 3.63) is 59.1 Å². The predicted octanol–water partition coefficient (Wildman–Crippen LogP) is 2.18. The zero-order chi connectivity index (χ0) is 16.8. The van der Waals surface area contributed by atoms with Gasteiger partial charge in [0.2, 0.25) is 6.04 Å². The van der Waals surface area contributed by atoms with Crippen LogP contribution in [0.5, 0.6) is 0 Å². The van der Waals surface area contributed by atoms with Crippen molar-refractivity contribution in [3.8, 4) is 0 Å². The number of hydrogen-bond donors (Lipinski definition) is 1. The average Bonchev–Trinajstić information content (AvgIpc) is 2.51. The summed E-state index contributed by atoms with van der Waals surface area (Å²) in [5.41, 5.74) is -0.187. The smallest absolute Gasteiger partial charge is 0.335 e. The molecule has 6 nitrogen and oxygen atoms in total. The van der Waals surface area contributed by atoms with Gasteiger partial charge < -0.3 is 5.11 Å². The normalized spacial score (nSPS) is 19.3. The second-order valence-corrected chi connectivity index (χ2v) is 7.04. The molecule has 3 rings (SSSR count). The number of fused-ring (bicyclic) bond motifs is 1. The Morgan fingerprint density at radius 3 is 2.35 bits per heavy atom. The molecule has 0 radical (unpaired) electrons. The molecule has 8 heteroatoms. The van der Waals surface area contributed by atoms with Crippen LogP contribution in [0, 0.1) is 0 Å². The van der Waals surface area contributed by atoms with Gasteiger partial charge in [0.15, 0.2) is 5.78 Å². The van der Waals surface area contributed by atoms with Crippen molar-refractivity contribution in [1.29, 1.82) is 0 Å². The molecule has 1 atom stereocenters. The van der Waals surface area contributed by atoms with Gasteiger partial charge in [-0.2, -0.15) is 0 Å². The number of Topliss-reactive ketones (excluding diaryl/α,β-unsaturated/α-hetero) is 1. The molecule has 0 saturated carbocycles. The van der Waals surface area contributed by atoms with E-state index < -0.39 is 27.8 Å². The minimum atomic E-state index is -4.24. The SMILES string of the molecule is O=C(O)C1C(=O)c2ccccc2S(=O)(=O)N1c1ccccc1Cl. The summed E-state index contributed by atoms with van der Waals surface area (Å²) in [6.45, 7) is 0. The number of aliphatic carboxylic acids is 1. The number of carbonyl (C=O) groups excluding carboxylic acids is 1. The van der Waals surface area contributed by atoms with Crippen LogP contribution in [-0.2, 0) is 14.8 Å². The Kier molecular flexibility index (Phi) is 3.62. The first-order valence-corrected chi connectivity index (χ1v) is 8.32. The highest BCUT2D eigenvalue weighted by atomic mass is 35.5. The fraction of sp³-hybridized carbons (Fsp3) is 0.0667. The Labute approximate surface area is 137 Å². The van der Waals surface area contributed by atoms with E-state index in [-0.39, 0.29) is 21.2 Å². The van der Waals surface area contributed by atoms with Crippen LogP contribution in [0.25, 0.3) is 0 Å². The third-order valence-electron chi connectivity index (χ3n) is 3.50. The lowest BCUT2D eigenvalue weighted by Crippen LogP contribution is -2.53. The number of carboxylic acids is 1. The number of hydrogen-bond acceptors (Lipinski definition) is 4. The van der Waals surface area contributed by atoms with E-state index in [0.717, 1.165) is 0 Å². The third-order valence-corrected chi connectivity index (χ3v) is 5.65. The second kappa shape index (κ2) is 5.36. The first-order chi connectivity index (χ1) is 10.9. The quantitative estimate of drug-likeness (QED) is 0.837. The maximum absolute atomic E-state index is 12.9. The lowest BCUT2D eigenvalue weighted by Gasteiger charge is -2.34.